The van der Waals surface area contributed by atoms with Crippen molar-refractivity contribution in [2.24, 2.45) is 10.8 Å². The van der Waals surface area contributed by atoms with Gasteiger partial charge < -0.3 is 9.59 Å². The van der Waals surface area contributed by atoms with Gasteiger partial charge in [-0.2, -0.15) is 0 Å². The normalized spacial score (nSPS) is 11.6. The van der Waals surface area contributed by atoms with Gasteiger partial charge in [-0.15, -0.1) is 0 Å². The molecule has 0 aliphatic rings. The van der Waals surface area contributed by atoms with Gasteiger partial charge in [-0.25, -0.2) is 0 Å². The Morgan fingerprint density at radius 3 is 1.14 bits per heavy atom. The molecule has 0 aromatic carbocycles. The molecule has 0 atom stereocenters. The number of Topliss-reactive ketones (excluding diaryl/α,β-unsaturated/α-hetero) is 2. The number of carbonyl (C=O) groups excluding carboxylic acids is 2. The van der Waals surface area contributed by atoms with Gasteiger partial charge in [-0.3, -0.25) is 6.42 Å². The summed E-state index contributed by atoms with van der Waals surface area (Å²) in [6.07, 6.45) is 1.22. The first-order chi connectivity index (χ1) is 5.55. The van der Waals surface area contributed by atoms with E-state index in [1.54, 1.807) is 0 Å². The van der Waals surface area contributed by atoms with Crippen LogP contribution < -0.4 is 18.9 Å². The van der Waals surface area contributed by atoms with Gasteiger partial charge in [0.05, 0.1) is 0 Å². The molecular formula is C11H19LiO2. The largest absolute Gasteiger partial charge is 1.00 e. The van der Waals surface area contributed by atoms with E-state index in [4.69, 9.17) is 0 Å². The molecule has 0 aliphatic carbocycles. The molecule has 0 heterocycles. The summed E-state index contributed by atoms with van der Waals surface area (Å²) in [5.74, 6) is -0.208. The maximum Gasteiger partial charge on any atom is 1.00 e. The molecule has 0 aromatic rings. The summed E-state index contributed by atoms with van der Waals surface area (Å²) >= 11 is 0. The van der Waals surface area contributed by atoms with Crippen LogP contribution in [0.25, 0.3) is 0 Å². The van der Waals surface area contributed by atoms with Crippen LogP contribution in [0.2, 0.25) is 0 Å². The van der Waals surface area contributed by atoms with Crippen molar-refractivity contribution < 1.29 is 28.4 Å². The van der Waals surface area contributed by atoms with E-state index < -0.39 is 10.8 Å². The molecule has 0 aromatic heterocycles. The van der Waals surface area contributed by atoms with Crippen molar-refractivity contribution in [3.05, 3.63) is 6.42 Å². The summed E-state index contributed by atoms with van der Waals surface area (Å²) < 4.78 is 0. The molecule has 0 radical (unpaired) electrons. The second-order valence-electron chi connectivity index (χ2n) is 5.37. The van der Waals surface area contributed by atoms with Crippen LogP contribution in [-0.4, -0.2) is 11.6 Å². The van der Waals surface area contributed by atoms with Crippen LogP contribution in [0.3, 0.4) is 0 Å². The van der Waals surface area contributed by atoms with Crippen molar-refractivity contribution in [3.63, 3.8) is 0 Å². The van der Waals surface area contributed by atoms with E-state index in [9.17, 15) is 9.59 Å². The molecule has 0 unspecified atom stereocenters. The van der Waals surface area contributed by atoms with Crippen molar-refractivity contribution in [3.8, 4) is 0 Å². The Bertz CT molecular complexity index is 194. The summed E-state index contributed by atoms with van der Waals surface area (Å²) in [5, 5.41) is 0. The first-order valence-corrected chi connectivity index (χ1v) is 4.49. The minimum atomic E-state index is -0.457. The summed E-state index contributed by atoms with van der Waals surface area (Å²) in [7, 11) is 0. The van der Waals surface area contributed by atoms with Gasteiger partial charge in [0, 0.05) is 11.6 Å². The smallest absolute Gasteiger partial charge is 0.333 e. The van der Waals surface area contributed by atoms with Gasteiger partial charge in [0.15, 0.2) is 0 Å². The maximum absolute atomic E-state index is 11.4. The number of ketones is 2. The number of hydrogen-bond donors (Lipinski definition) is 0. The molecular weight excluding hydrogens is 171 g/mol. The fourth-order valence-corrected chi connectivity index (χ4v) is 0.552. The fraction of sp³-hybridized carbons (Fsp3) is 0.727. The molecule has 0 fully saturated rings. The van der Waals surface area contributed by atoms with Crippen LogP contribution in [-0.2, 0) is 9.59 Å². The standard InChI is InChI=1S/C11H19O2.Li/c1-10(2,3)8(12)7-9(13)11(4,5)6;/h7H,1-6H3;/q-1;+1. The third kappa shape index (κ3) is 5.52. The predicted molar refractivity (Wildman–Crippen MR) is 53.2 cm³/mol. The monoisotopic (exact) mass is 190 g/mol. The molecule has 14 heavy (non-hydrogen) atoms. The van der Waals surface area contributed by atoms with E-state index in [-0.39, 0.29) is 30.4 Å². The number of hydrogen-bond acceptors (Lipinski definition) is 2. The fourth-order valence-electron chi connectivity index (χ4n) is 0.552. The quantitative estimate of drug-likeness (QED) is 0.332. The Morgan fingerprint density at radius 1 is 0.786 bits per heavy atom. The Labute approximate surface area is 99.0 Å². The third-order valence-corrected chi connectivity index (χ3v) is 1.74. The zero-order chi connectivity index (χ0) is 10.9. The molecule has 0 saturated carbocycles. The Hall–Kier alpha value is -0.193. The van der Waals surface area contributed by atoms with E-state index in [0.29, 0.717) is 0 Å². The maximum atomic E-state index is 11.4. The molecule has 0 amide bonds. The second-order valence-corrected chi connectivity index (χ2v) is 5.37. The molecule has 2 nitrogen and oxygen atoms in total. The van der Waals surface area contributed by atoms with Gasteiger partial charge in [0.25, 0.3) is 0 Å². The van der Waals surface area contributed by atoms with Crippen LogP contribution in [0.15, 0.2) is 0 Å². The molecule has 0 bridgehead atoms. The van der Waals surface area contributed by atoms with Crippen molar-refractivity contribution in [2.45, 2.75) is 41.5 Å². The molecule has 0 saturated heterocycles. The van der Waals surface area contributed by atoms with Gasteiger partial charge >= 0.3 is 18.9 Å². The van der Waals surface area contributed by atoms with E-state index in [0.717, 1.165) is 0 Å². The van der Waals surface area contributed by atoms with Crippen LogP contribution in [0, 0.1) is 17.3 Å². The zero-order valence-electron chi connectivity index (χ0n) is 10.4. The molecule has 0 rings (SSSR count). The first kappa shape index (κ1) is 16.2. The molecule has 76 valence electrons. The summed E-state index contributed by atoms with van der Waals surface area (Å²) in [4.78, 5) is 22.9. The van der Waals surface area contributed by atoms with Crippen LogP contribution >= 0.6 is 0 Å². The zero-order valence-corrected chi connectivity index (χ0v) is 10.4. The van der Waals surface area contributed by atoms with Crippen LogP contribution in [0.1, 0.15) is 41.5 Å². The minimum absolute atomic E-state index is 0. The van der Waals surface area contributed by atoms with Gasteiger partial charge in [0.2, 0.25) is 0 Å². The first-order valence-electron chi connectivity index (χ1n) is 4.49. The predicted octanol–water partition coefficient (Wildman–Crippen LogP) is -0.575. The SMILES string of the molecule is CC(C)(C)C(=O)[CH-]C(=O)C(C)(C)C.[Li+]. The molecule has 0 N–H and O–H groups in total. The van der Waals surface area contributed by atoms with Crippen LogP contribution in [0.4, 0.5) is 0 Å². The Kier molecular flexibility index (Phi) is 5.86. The topological polar surface area (TPSA) is 34.1 Å². The van der Waals surface area contributed by atoms with Gasteiger partial charge in [0.1, 0.15) is 0 Å². The minimum Gasteiger partial charge on any atom is -0.333 e. The average molecular weight is 190 g/mol. The van der Waals surface area contributed by atoms with Crippen molar-refractivity contribution in [1.29, 1.82) is 0 Å². The molecule has 0 aliphatic heterocycles. The molecule has 0 spiro atoms. The summed E-state index contributed by atoms with van der Waals surface area (Å²) in [5.41, 5.74) is -0.915. The van der Waals surface area contributed by atoms with Crippen molar-refractivity contribution in [2.75, 3.05) is 0 Å². The van der Waals surface area contributed by atoms with E-state index in [2.05, 4.69) is 0 Å². The van der Waals surface area contributed by atoms with E-state index >= 15 is 0 Å². The van der Waals surface area contributed by atoms with E-state index in [1.165, 1.54) is 6.42 Å². The Balaban J connectivity index is 0. The summed E-state index contributed by atoms with van der Waals surface area (Å²) in [6.45, 7) is 10.8. The summed E-state index contributed by atoms with van der Waals surface area (Å²) in [6, 6.07) is 0. The third-order valence-electron chi connectivity index (χ3n) is 1.74. The number of rotatable bonds is 2. The van der Waals surface area contributed by atoms with Gasteiger partial charge in [-0.1, -0.05) is 41.5 Å². The second kappa shape index (κ2) is 5.05. The van der Waals surface area contributed by atoms with Crippen molar-refractivity contribution >= 4 is 11.6 Å². The average Bonchev–Trinajstić information content (AvgIpc) is 1.82. The van der Waals surface area contributed by atoms with Gasteiger partial charge in [-0.05, 0) is 10.8 Å². The Morgan fingerprint density at radius 2 is 1.00 bits per heavy atom. The number of carbonyl (C=O) groups is 2. The molecule has 3 heteroatoms. The van der Waals surface area contributed by atoms with E-state index in [1.807, 2.05) is 41.5 Å². The van der Waals surface area contributed by atoms with Crippen LogP contribution in [0.5, 0.6) is 0 Å². The van der Waals surface area contributed by atoms with Crippen molar-refractivity contribution in [1.82, 2.24) is 0 Å².